The molecule has 0 aliphatic heterocycles. The van der Waals surface area contributed by atoms with E-state index in [-0.39, 0.29) is 10.9 Å². The number of hydrogen-bond donors (Lipinski definition) is 2. The lowest BCUT2D eigenvalue weighted by Crippen LogP contribution is -2.37. The summed E-state index contributed by atoms with van der Waals surface area (Å²) in [6.07, 6.45) is -4.52. The van der Waals surface area contributed by atoms with Crippen LogP contribution in [0.4, 0.5) is 13.2 Å². The van der Waals surface area contributed by atoms with Crippen LogP contribution < -0.4 is 5.73 Å². The molecule has 3 N–H and O–H groups in total. The van der Waals surface area contributed by atoms with Gasteiger partial charge in [0.1, 0.15) is 11.8 Å². The number of nitrogens with one attached hydrogen (secondary N) is 1. The Kier molecular flexibility index (Phi) is 4.78. The van der Waals surface area contributed by atoms with E-state index in [0.29, 0.717) is 0 Å². The third kappa shape index (κ3) is 4.09. The average Bonchev–Trinajstić information content (AvgIpc) is 2.23. The van der Waals surface area contributed by atoms with Gasteiger partial charge in [-0.25, -0.2) is 9.97 Å². The van der Waals surface area contributed by atoms with E-state index >= 15 is 0 Å². The molecule has 0 bridgehead atoms. The van der Waals surface area contributed by atoms with Gasteiger partial charge in [-0.05, 0) is 26.3 Å². The highest BCUT2D eigenvalue weighted by Gasteiger charge is 2.41. The molecule has 0 radical (unpaired) electrons. The number of rotatable bonds is 4. The van der Waals surface area contributed by atoms with Crippen molar-refractivity contribution in [2.24, 2.45) is 11.7 Å². The normalized spacial score (nSPS) is 13.4. The van der Waals surface area contributed by atoms with Crippen molar-refractivity contribution in [3.05, 3.63) is 17.0 Å². The zero-order chi connectivity index (χ0) is 14.8. The number of thioether (sulfide) groups is 1. The molecule has 0 aromatic carbocycles. The summed E-state index contributed by atoms with van der Waals surface area (Å²) in [6, 6.07) is 0. The van der Waals surface area contributed by atoms with Crippen LogP contribution in [0.3, 0.4) is 0 Å². The molecule has 0 spiro atoms. The van der Waals surface area contributed by atoms with Gasteiger partial charge in [-0.3, -0.25) is 5.41 Å². The van der Waals surface area contributed by atoms with Crippen molar-refractivity contribution in [3.8, 4) is 0 Å². The standard InChI is InChI=1S/C11H15F3N4S/c1-5-6(2)17-10(18-7(5)3)19-4-8(9(15)16)11(12,13)14/h8H,4H2,1-3H3,(H3,15,16). The van der Waals surface area contributed by atoms with Crippen LogP contribution in [0, 0.1) is 32.1 Å². The van der Waals surface area contributed by atoms with Gasteiger partial charge in [0.2, 0.25) is 0 Å². The molecule has 1 rings (SSSR count). The topological polar surface area (TPSA) is 75.7 Å². The molecule has 1 aromatic rings. The number of nitrogens with two attached hydrogens (primary N) is 1. The SMILES string of the molecule is Cc1nc(SCC(C(=N)N)C(F)(F)F)nc(C)c1C. The van der Waals surface area contributed by atoms with E-state index in [1.54, 1.807) is 13.8 Å². The van der Waals surface area contributed by atoms with E-state index in [1.165, 1.54) is 0 Å². The zero-order valence-electron chi connectivity index (χ0n) is 10.8. The van der Waals surface area contributed by atoms with Gasteiger partial charge in [0.15, 0.2) is 5.16 Å². The number of aromatic nitrogens is 2. The molecule has 106 valence electrons. The Morgan fingerprint density at radius 2 is 1.74 bits per heavy atom. The molecule has 1 heterocycles. The second-order valence-electron chi connectivity index (χ2n) is 4.16. The first-order chi connectivity index (χ1) is 8.62. The second kappa shape index (κ2) is 5.77. The summed E-state index contributed by atoms with van der Waals surface area (Å²) in [5, 5.41) is 7.27. The number of hydrogen-bond acceptors (Lipinski definition) is 4. The fraction of sp³-hybridized carbons (Fsp3) is 0.545. The van der Waals surface area contributed by atoms with Crippen LogP contribution in [0.25, 0.3) is 0 Å². The van der Waals surface area contributed by atoms with E-state index in [2.05, 4.69) is 9.97 Å². The van der Waals surface area contributed by atoms with Crippen LogP contribution >= 0.6 is 11.8 Å². The first-order valence-corrected chi connectivity index (χ1v) is 6.46. The Morgan fingerprint density at radius 1 is 1.26 bits per heavy atom. The average molecular weight is 292 g/mol. The predicted molar refractivity (Wildman–Crippen MR) is 68.4 cm³/mol. The van der Waals surface area contributed by atoms with Gasteiger partial charge in [-0.15, -0.1) is 0 Å². The molecule has 0 amide bonds. The summed E-state index contributed by atoms with van der Waals surface area (Å²) >= 11 is 0.858. The lowest BCUT2D eigenvalue weighted by molar-refractivity contribution is -0.150. The number of aryl methyl sites for hydroxylation is 2. The lowest BCUT2D eigenvalue weighted by Gasteiger charge is -2.18. The summed E-state index contributed by atoms with van der Waals surface area (Å²) in [7, 11) is 0. The minimum Gasteiger partial charge on any atom is -0.387 e. The molecule has 8 heteroatoms. The molecule has 1 unspecified atom stereocenters. The van der Waals surface area contributed by atoms with Gasteiger partial charge < -0.3 is 5.73 Å². The maximum absolute atomic E-state index is 12.6. The van der Waals surface area contributed by atoms with Crippen LogP contribution in [-0.4, -0.2) is 27.7 Å². The van der Waals surface area contributed by atoms with Gasteiger partial charge >= 0.3 is 6.18 Å². The van der Waals surface area contributed by atoms with E-state index in [4.69, 9.17) is 11.1 Å². The smallest absolute Gasteiger partial charge is 0.387 e. The molecule has 1 atom stereocenters. The fourth-order valence-corrected chi connectivity index (χ4v) is 2.41. The summed E-state index contributed by atoms with van der Waals surface area (Å²) in [5.74, 6) is -3.25. The van der Waals surface area contributed by atoms with Crippen LogP contribution in [0.5, 0.6) is 0 Å². The van der Waals surface area contributed by atoms with Gasteiger partial charge in [0.05, 0.1) is 0 Å². The Bertz CT molecular complexity index is 464. The van der Waals surface area contributed by atoms with Crippen LogP contribution in [0.15, 0.2) is 5.16 Å². The summed E-state index contributed by atoms with van der Waals surface area (Å²) in [6.45, 7) is 5.41. The van der Waals surface area contributed by atoms with Crippen LogP contribution in [0.2, 0.25) is 0 Å². The van der Waals surface area contributed by atoms with Crippen LogP contribution in [0.1, 0.15) is 17.0 Å². The van der Waals surface area contributed by atoms with Crippen molar-refractivity contribution in [2.45, 2.75) is 32.1 Å². The summed E-state index contributed by atoms with van der Waals surface area (Å²) in [4.78, 5) is 8.24. The van der Waals surface area contributed by atoms with Gasteiger partial charge in [-0.1, -0.05) is 11.8 Å². The monoisotopic (exact) mass is 292 g/mol. The highest BCUT2D eigenvalue weighted by Crippen LogP contribution is 2.31. The minimum atomic E-state index is -4.52. The highest BCUT2D eigenvalue weighted by atomic mass is 32.2. The second-order valence-corrected chi connectivity index (χ2v) is 5.15. The summed E-state index contributed by atoms with van der Waals surface area (Å²) < 4.78 is 37.9. The van der Waals surface area contributed by atoms with E-state index in [0.717, 1.165) is 28.7 Å². The quantitative estimate of drug-likeness (QED) is 0.387. The third-order valence-corrected chi connectivity index (χ3v) is 3.70. The van der Waals surface area contributed by atoms with Crippen molar-refractivity contribution in [1.29, 1.82) is 5.41 Å². The molecule has 19 heavy (non-hydrogen) atoms. The maximum Gasteiger partial charge on any atom is 0.399 e. The third-order valence-electron chi connectivity index (χ3n) is 2.76. The molecular weight excluding hydrogens is 277 g/mol. The first-order valence-electron chi connectivity index (χ1n) is 5.48. The Hall–Kier alpha value is -1.31. The number of halogens is 3. The molecule has 0 saturated carbocycles. The van der Waals surface area contributed by atoms with E-state index < -0.39 is 17.9 Å². The first kappa shape index (κ1) is 15.7. The van der Waals surface area contributed by atoms with E-state index in [9.17, 15) is 13.2 Å². The molecule has 1 aromatic heterocycles. The molecule has 4 nitrogen and oxygen atoms in total. The van der Waals surface area contributed by atoms with Crippen molar-refractivity contribution in [3.63, 3.8) is 0 Å². The molecular formula is C11H15F3N4S. The lowest BCUT2D eigenvalue weighted by atomic mass is 10.1. The number of nitrogens with zero attached hydrogens (tertiary/aromatic N) is 2. The highest BCUT2D eigenvalue weighted by molar-refractivity contribution is 7.99. The molecule has 0 fully saturated rings. The summed E-state index contributed by atoms with van der Waals surface area (Å²) in [5.41, 5.74) is 7.37. The predicted octanol–water partition coefficient (Wildman–Crippen LogP) is 2.61. The molecule has 0 aliphatic rings. The van der Waals surface area contributed by atoms with Crippen molar-refractivity contribution in [1.82, 2.24) is 9.97 Å². The van der Waals surface area contributed by atoms with Gasteiger partial charge in [0.25, 0.3) is 0 Å². The van der Waals surface area contributed by atoms with Gasteiger partial charge in [-0.2, -0.15) is 13.2 Å². The van der Waals surface area contributed by atoms with Crippen molar-refractivity contribution < 1.29 is 13.2 Å². The van der Waals surface area contributed by atoms with Crippen LogP contribution in [-0.2, 0) is 0 Å². The Balaban J connectivity index is 2.84. The molecule has 0 aliphatic carbocycles. The molecule has 0 saturated heterocycles. The Labute approximate surface area is 113 Å². The van der Waals surface area contributed by atoms with Gasteiger partial charge in [0, 0.05) is 17.1 Å². The number of alkyl halides is 3. The fourth-order valence-electron chi connectivity index (χ4n) is 1.32. The minimum absolute atomic E-state index is 0.274. The van der Waals surface area contributed by atoms with Crippen molar-refractivity contribution >= 4 is 17.6 Å². The van der Waals surface area contributed by atoms with Crippen molar-refractivity contribution in [2.75, 3.05) is 5.75 Å². The Morgan fingerprint density at radius 3 is 2.11 bits per heavy atom. The number of amidine groups is 1. The zero-order valence-corrected chi connectivity index (χ0v) is 11.6. The maximum atomic E-state index is 12.6. The van der Waals surface area contributed by atoms with E-state index in [1.807, 2.05) is 6.92 Å². The largest absolute Gasteiger partial charge is 0.399 e.